The summed E-state index contributed by atoms with van der Waals surface area (Å²) in [6.07, 6.45) is 0. The fraction of sp³-hybridized carbons (Fsp3) is 0.429. The van der Waals surface area contributed by atoms with Crippen molar-refractivity contribution in [2.75, 3.05) is 20.7 Å². The Morgan fingerprint density at radius 3 is 2.37 bits per heavy atom. The summed E-state index contributed by atoms with van der Waals surface area (Å²) in [6.45, 7) is 2.05. The van der Waals surface area contributed by atoms with Crippen molar-refractivity contribution >= 4 is 23.5 Å². The number of nitrogens with zero attached hydrogens (tertiary/aromatic N) is 1. The van der Waals surface area contributed by atoms with E-state index in [1.807, 2.05) is 12.1 Å². The molecule has 0 aliphatic carbocycles. The molecule has 0 bridgehead atoms. The molecule has 0 saturated heterocycles. The number of methoxy groups -OCH3 is 1. The van der Waals surface area contributed by atoms with E-state index in [0.29, 0.717) is 18.0 Å². The van der Waals surface area contributed by atoms with Gasteiger partial charge in [0.2, 0.25) is 0 Å². The topological polar surface area (TPSA) is 46.6 Å². The zero-order chi connectivity index (χ0) is 14.4. The summed E-state index contributed by atoms with van der Waals surface area (Å²) in [6, 6.07) is 7.11. The maximum absolute atomic E-state index is 12.1. The molecule has 0 heterocycles. The van der Waals surface area contributed by atoms with E-state index < -0.39 is 0 Å². The molecule has 0 aliphatic rings. The van der Waals surface area contributed by atoms with Crippen molar-refractivity contribution < 1.29 is 14.3 Å². The van der Waals surface area contributed by atoms with Crippen LogP contribution in [0.25, 0.3) is 0 Å². The van der Waals surface area contributed by atoms with E-state index in [1.54, 1.807) is 26.1 Å². The summed E-state index contributed by atoms with van der Waals surface area (Å²) >= 11 is 5.69. The molecule has 1 aromatic rings. The van der Waals surface area contributed by atoms with E-state index in [2.05, 4.69) is 4.74 Å². The molecule has 0 saturated carbocycles. The number of carbonyl (C=O) groups excluding carboxylic acids is 2. The highest BCUT2D eigenvalue weighted by Gasteiger charge is 2.19. The minimum Gasteiger partial charge on any atom is -0.469 e. The number of esters is 1. The molecular weight excluding hydrogens is 266 g/mol. The molecule has 0 N–H and O–H groups in total. The van der Waals surface area contributed by atoms with Crippen molar-refractivity contribution in [1.29, 1.82) is 0 Å². The van der Waals surface area contributed by atoms with Gasteiger partial charge in [-0.3, -0.25) is 9.59 Å². The number of hydrogen-bond donors (Lipinski definition) is 0. The van der Waals surface area contributed by atoms with Gasteiger partial charge in [0.1, 0.15) is 0 Å². The lowest BCUT2D eigenvalue weighted by Gasteiger charge is -2.20. The Hall–Kier alpha value is -1.55. The van der Waals surface area contributed by atoms with E-state index in [9.17, 15) is 9.59 Å². The Labute approximate surface area is 118 Å². The highest BCUT2D eigenvalue weighted by atomic mass is 35.5. The predicted octanol–water partition coefficient (Wildman–Crippen LogP) is 2.31. The zero-order valence-corrected chi connectivity index (χ0v) is 12.1. The quantitative estimate of drug-likeness (QED) is 0.615. The van der Waals surface area contributed by atoms with Crippen LogP contribution in [0, 0.1) is 5.92 Å². The summed E-state index contributed by atoms with van der Waals surface area (Å²) in [7, 11) is 3.00. The van der Waals surface area contributed by atoms with E-state index in [1.165, 1.54) is 12.0 Å². The molecule has 0 fully saturated rings. The molecule has 5 heteroatoms. The minimum absolute atomic E-state index is 0.128. The van der Waals surface area contributed by atoms with Crippen LogP contribution in [0.4, 0.5) is 0 Å². The largest absolute Gasteiger partial charge is 0.469 e. The maximum atomic E-state index is 12.1. The average molecular weight is 284 g/mol. The Kier molecular flexibility index (Phi) is 5.83. The first-order valence-corrected chi connectivity index (χ1v) is 6.51. The number of rotatable bonds is 5. The van der Waals surface area contributed by atoms with E-state index in [0.717, 1.165) is 5.56 Å². The predicted molar refractivity (Wildman–Crippen MR) is 74.1 cm³/mol. The number of ether oxygens (including phenoxy) is 1. The van der Waals surface area contributed by atoms with E-state index in [-0.39, 0.29) is 17.8 Å². The van der Waals surface area contributed by atoms with Gasteiger partial charge in [0, 0.05) is 25.0 Å². The Morgan fingerprint density at radius 2 is 1.89 bits per heavy atom. The summed E-state index contributed by atoms with van der Waals surface area (Å²) in [5.74, 6) is -0.376. The van der Waals surface area contributed by atoms with Gasteiger partial charge in [-0.1, -0.05) is 19.1 Å². The standard InChI is InChI=1S/C14H18ClNO3/c1-10(14(18)19-3)9-16(2)13(17)12-6-4-11(8-15)5-7-12/h4-7,10H,8-9H2,1-3H3. The van der Waals surface area contributed by atoms with Crippen molar-refractivity contribution in [3.8, 4) is 0 Å². The Balaban J connectivity index is 2.68. The molecule has 1 aromatic carbocycles. The number of halogens is 1. The molecular formula is C14H18ClNO3. The first-order chi connectivity index (χ1) is 8.99. The van der Waals surface area contributed by atoms with Crippen LogP contribution in [0.2, 0.25) is 0 Å². The van der Waals surface area contributed by atoms with Crippen LogP contribution in [-0.4, -0.2) is 37.5 Å². The molecule has 0 spiro atoms. The lowest BCUT2D eigenvalue weighted by Crippen LogP contribution is -2.34. The molecule has 0 radical (unpaired) electrons. The van der Waals surface area contributed by atoms with Gasteiger partial charge in [-0.05, 0) is 17.7 Å². The number of benzene rings is 1. The van der Waals surface area contributed by atoms with Gasteiger partial charge in [-0.15, -0.1) is 11.6 Å². The second-order valence-electron chi connectivity index (χ2n) is 4.44. The molecule has 104 valence electrons. The number of alkyl halides is 1. The van der Waals surface area contributed by atoms with Crippen LogP contribution >= 0.6 is 11.6 Å². The van der Waals surface area contributed by atoms with Crippen molar-refractivity contribution in [2.24, 2.45) is 5.92 Å². The highest BCUT2D eigenvalue weighted by Crippen LogP contribution is 2.10. The van der Waals surface area contributed by atoms with Gasteiger partial charge in [0.05, 0.1) is 13.0 Å². The molecule has 1 rings (SSSR count). The minimum atomic E-state index is -0.346. The second-order valence-corrected chi connectivity index (χ2v) is 4.71. The van der Waals surface area contributed by atoms with Crippen molar-refractivity contribution in [2.45, 2.75) is 12.8 Å². The fourth-order valence-electron chi connectivity index (χ4n) is 1.73. The summed E-state index contributed by atoms with van der Waals surface area (Å²) < 4.78 is 4.64. The number of amides is 1. The monoisotopic (exact) mass is 283 g/mol. The lowest BCUT2D eigenvalue weighted by molar-refractivity contribution is -0.145. The van der Waals surface area contributed by atoms with Crippen LogP contribution in [-0.2, 0) is 15.4 Å². The van der Waals surface area contributed by atoms with Crippen LogP contribution in [0.5, 0.6) is 0 Å². The van der Waals surface area contributed by atoms with Gasteiger partial charge >= 0.3 is 5.97 Å². The lowest BCUT2D eigenvalue weighted by atomic mass is 10.1. The molecule has 1 atom stereocenters. The molecule has 1 amide bonds. The third kappa shape index (κ3) is 4.24. The molecule has 0 aromatic heterocycles. The van der Waals surface area contributed by atoms with Gasteiger partial charge in [0.25, 0.3) is 5.91 Å². The fourth-order valence-corrected chi connectivity index (χ4v) is 1.90. The zero-order valence-electron chi connectivity index (χ0n) is 11.4. The Bertz CT molecular complexity index is 445. The van der Waals surface area contributed by atoms with Gasteiger partial charge in [-0.25, -0.2) is 0 Å². The number of hydrogen-bond acceptors (Lipinski definition) is 3. The first-order valence-electron chi connectivity index (χ1n) is 5.97. The third-order valence-corrected chi connectivity index (χ3v) is 3.16. The van der Waals surface area contributed by atoms with Crippen molar-refractivity contribution in [3.63, 3.8) is 0 Å². The Morgan fingerprint density at radius 1 is 1.32 bits per heavy atom. The summed E-state index contributed by atoms with van der Waals surface area (Å²) in [5, 5.41) is 0. The van der Waals surface area contributed by atoms with Crippen molar-refractivity contribution in [1.82, 2.24) is 4.90 Å². The number of carbonyl (C=O) groups is 2. The molecule has 4 nitrogen and oxygen atoms in total. The average Bonchev–Trinajstić information content (AvgIpc) is 2.45. The SMILES string of the molecule is COC(=O)C(C)CN(C)C(=O)c1ccc(CCl)cc1. The van der Waals surface area contributed by atoms with Crippen LogP contribution in [0.15, 0.2) is 24.3 Å². The van der Waals surface area contributed by atoms with Crippen LogP contribution in [0.3, 0.4) is 0 Å². The molecule has 1 unspecified atom stereocenters. The van der Waals surface area contributed by atoms with Gasteiger partial charge in [-0.2, -0.15) is 0 Å². The molecule has 19 heavy (non-hydrogen) atoms. The molecule has 0 aliphatic heterocycles. The maximum Gasteiger partial charge on any atom is 0.310 e. The highest BCUT2D eigenvalue weighted by molar-refractivity contribution is 6.17. The normalized spacial score (nSPS) is 11.8. The van der Waals surface area contributed by atoms with Crippen molar-refractivity contribution in [3.05, 3.63) is 35.4 Å². The van der Waals surface area contributed by atoms with Crippen LogP contribution < -0.4 is 0 Å². The van der Waals surface area contributed by atoms with Gasteiger partial charge < -0.3 is 9.64 Å². The van der Waals surface area contributed by atoms with Gasteiger partial charge in [0.15, 0.2) is 0 Å². The summed E-state index contributed by atoms with van der Waals surface area (Å²) in [4.78, 5) is 25.0. The second kappa shape index (κ2) is 7.14. The third-order valence-electron chi connectivity index (χ3n) is 2.85. The van der Waals surface area contributed by atoms with E-state index in [4.69, 9.17) is 11.6 Å². The van der Waals surface area contributed by atoms with Crippen LogP contribution in [0.1, 0.15) is 22.8 Å². The van der Waals surface area contributed by atoms with E-state index >= 15 is 0 Å². The summed E-state index contributed by atoms with van der Waals surface area (Å²) in [5.41, 5.74) is 1.54. The first kappa shape index (κ1) is 15.5. The smallest absolute Gasteiger partial charge is 0.310 e.